The molecule has 3 heteroatoms. The summed E-state index contributed by atoms with van der Waals surface area (Å²) in [6.07, 6.45) is 2.54. The van der Waals surface area contributed by atoms with E-state index in [-0.39, 0.29) is 5.97 Å². The second-order valence-corrected chi connectivity index (χ2v) is 3.73. The van der Waals surface area contributed by atoms with E-state index in [1.165, 1.54) is 7.11 Å². The van der Waals surface area contributed by atoms with Gasteiger partial charge in [-0.2, -0.15) is 0 Å². The molecule has 0 rings (SSSR count). The summed E-state index contributed by atoms with van der Waals surface area (Å²) < 4.78 is 4.84. The van der Waals surface area contributed by atoms with Gasteiger partial charge in [-0.05, 0) is 26.2 Å². The summed E-state index contributed by atoms with van der Waals surface area (Å²) >= 11 is 0. The van der Waals surface area contributed by atoms with Crippen molar-refractivity contribution in [2.75, 3.05) is 7.11 Å². The summed E-state index contributed by atoms with van der Waals surface area (Å²) in [6, 6.07) is 0.342. The number of carbonyl (C=O) groups is 1. The first-order valence-corrected chi connectivity index (χ1v) is 5.42. The van der Waals surface area contributed by atoms with Crippen molar-refractivity contribution in [3.63, 3.8) is 0 Å². The number of hydrogen-bond acceptors (Lipinski definition) is 3. The van der Waals surface area contributed by atoms with Crippen LogP contribution in [0.3, 0.4) is 0 Å². The van der Waals surface area contributed by atoms with Gasteiger partial charge in [-0.1, -0.05) is 20.8 Å². The van der Waals surface area contributed by atoms with Crippen molar-refractivity contribution in [2.45, 2.75) is 58.5 Å². The van der Waals surface area contributed by atoms with Crippen molar-refractivity contribution in [3.05, 3.63) is 0 Å². The second kappa shape index (κ2) is 6.02. The minimum Gasteiger partial charge on any atom is -0.468 e. The predicted octanol–water partition coefficient (Wildman–Crippen LogP) is 2.11. The number of methoxy groups -OCH3 is 1. The molecule has 1 unspecified atom stereocenters. The molecule has 0 saturated heterocycles. The van der Waals surface area contributed by atoms with Crippen LogP contribution in [0.1, 0.15) is 47.0 Å². The maximum absolute atomic E-state index is 11.7. The zero-order chi connectivity index (χ0) is 11.2. The predicted molar refractivity (Wildman–Crippen MR) is 58.2 cm³/mol. The third-order valence-corrected chi connectivity index (χ3v) is 2.92. The van der Waals surface area contributed by atoms with E-state index in [1.807, 2.05) is 13.8 Å². The van der Waals surface area contributed by atoms with Crippen LogP contribution in [-0.2, 0) is 9.53 Å². The summed E-state index contributed by atoms with van der Waals surface area (Å²) in [5.41, 5.74) is -0.496. The van der Waals surface area contributed by atoms with E-state index < -0.39 is 5.54 Å². The minimum atomic E-state index is -0.496. The lowest BCUT2D eigenvalue weighted by molar-refractivity contribution is -0.149. The first kappa shape index (κ1) is 13.4. The molecule has 0 heterocycles. The largest absolute Gasteiger partial charge is 0.468 e. The highest BCUT2D eigenvalue weighted by Crippen LogP contribution is 2.18. The number of rotatable bonds is 6. The smallest absolute Gasteiger partial charge is 0.326 e. The van der Waals surface area contributed by atoms with Gasteiger partial charge in [-0.3, -0.25) is 10.1 Å². The third kappa shape index (κ3) is 2.98. The van der Waals surface area contributed by atoms with Gasteiger partial charge in [0, 0.05) is 6.04 Å². The van der Waals surface area contributed by atoms with Gasteiger partial charge in [0.2, 0.25) is 0 Å². The lowest BCUT2D eigenvalue weighted by Crippen LogP contribution is -2.55. The molecule has 0 saturated carbocycles. The van der Waals surface area contributed by atoms with Gasteiger partial charge in [-0.15, -0.1) is 0 Å². The second-order valence-electron chi connectivity index (χ2n) is 3.73. The average molecular weight is 201 g/mol. The molecule has 0 aromatic rings. The zero-order valence-electron chi connectivity index (χ0n) is 10.0. The molecule has 14 heavy (non-hydrogen) atoms. The van der Waals surface area contributed by atoms with Crippen LogP contribution >= 0.6 is 0 Å². The van der Waals surface area contributed by atoms with Crippen molar-refractivity contribution in [3.8, 4) is 0 Å². The van der Waals surface area contributed by atoms with Crippen LogP contribution in [0.2, 0.25) is 0 Å². The molecular formula is C11H23NO2. The Morgan fingerprint density at radius 3 is 2.14 bits per heavy atom. The molecule has 3 nitrogen and oxygen atoms in total. The summed E-state index contributed by atoms with van der Waals surface area (Å²) in [4.78, 5) is 11.7. The van der Waals surface area contributed by atoms with Gasteiger partial charge >= 0.3 is 5.97 Å². The fraction of sp³-hybridized carbons (Fsp3) is 0.909. The molecule has 0 aromatic heterocycles. The Morgan fingerprint density at radius 1 is 1.36 bits per heavy atom. The topological polar surface area (TPSA) is 38.3 Å². The molecule has 84 valence electrons. The molecule has 0 aliphatic rings. The zero-order valence-corrected chi connectivity index (χ0v) is 10.0. The van der Waals surface area contributed by atoms with E-state index in [1.54, 1.807) is 0 Å². The molecule has 1 atom stereocenters. The number of nitrogens with one attached hydrogen (secondary N) is 1. The maximum atomic E-state index is 11.7. The first-order chi connectivity index (χ1) is 6.56. The van der Waals surface area contributed by atoms with Crippen molar-refractivity contribution < 1.29 is 9.53 Å². The third-order valence-electron chi connectivity index (χ3n) is 2.92. The number of esters is 1. The molecule has 0 aliphatic heterocycles. The summed E-state index contributed by atoms with van der Waals surface area (Å²) in [5.74, 6) is -0.150. The van der Waals surface area contributed by atoms with Gasteiger partial charge in [-0.25, -0.2) is 0 Å². The Morgan fingerprint density at radius 2 is 1.86 bits per heavy atom. The highest BCUT2D eigenvalue weighted by Gasteiger charge is 2.36. The number of ether oxygens (including phenoxy) is 1. The van der Waals surface area contributed by atoms with Crippen LogP contribution in [0.25, 0.3) is 0 Å². The monoisotopic (exact) mass is 201 g/mol. The number of hydrogen-bond donors (Lipinski definition) is 1. The molecule has 0 radical (unpaired) electrons. The van der Waals surface area contributed by atoms with Gasteiger partial charge in [0.05, 0.1) is 7.11 Å². The Kier molecular flexibility index (Phi) is 5.77. The molecule has 0 fully saturated rings. The van der Waals surface area contributed by atoms with Crippen LogP contribution < -0.4 is 5.32 Å². The van der Waals surface area contributed by atoms with Gasteiger partial charge in [0.25, 0.3) is 0 Å². The Labute approximate surface area is 87.2 Å². The SMILES string of the molecule is CCC(C)NC(CC)(CC)C(=O)OC. The Balaban J connectivity index is 4.61. The summed E-state index contributed by atoms with van der Waals surface area (Å²) in [5, 5.41) is 3.36. The Bertz CT molecular complexity index is 176. The van der Waals surface area contributed by atoms with Crippen LogP contribution in [0.15, 0.2) is 0 Å². The molecule has 0 bridgehead atoms. The van der Waals surface area contributed by atoms with Crippen molar-refractivity contribution >= 4 is 5.97 Å². The highest BCUT2D eigenvalue weighted by atomic mass is 16.5. The summed E-state index contributed by atoms with van der Waals surface area (Å²) in [6.45, 7) is 8.21. The van der Waals surface area contributed by atoms with Crippen molar-refractivity contribution in [2.24, 2.45) is 0 Å². The van der Waals surface area contributed by atoms with E-state index in [4.69, 9.17) is 4.74 Å². The molecule has 1 N–H and O–H groups in total. The average Bonchev–Trinajstić information content (AvgIpc) is 2.24. The lowest BCUT2D eigenvalue weighted by Gasteiger charge is -2.32. The van der Waals surface area contributed by atoms with Gasteiger partial charge in [0.1, 0.15) is 5.54 Å². The van der Waals surface area contributed by atoms with E-state index in [0.717, 1.165) is 19.3 Å². The molecule has 0 aliphatic carbocycles. The van der Waals surface area contributed by atoms with Crippen LogP contribution in [-0.4, -0.2) is 24.7 Å². The van der Waals surface area contributed by atoms with Crippen LogP contribution in [0.4, 0.5) is 0 Å². The minimum absolute atomic E-state index is 0.150. The van der Waals surface area contributed by atoms with Gasteiger partial charge in [0.15, 0.2) is 0 Å². The van der Waals surface area contributed by atoms with Crippen LogP contribution in [0.5, 0.6) is 0 Å². The fourth-order valence-corrected chi connectivity index (χ4v) is 1.57. The first-order valence-electron chi connectivity index (χ1n) is 5.42. The van der Waals surface area contributed by atoms with E-state index in [2.05, 4.69) is 19.2 Å². The number of carbonyl (C=O) groups excluding carboxylic acids is 1. The molecule has 0 aromatic carbocycles. The fourth-order valence-electron chi connectivity index (χ4n) is 1.57. The van der Waals surface area contributed by atoms with E-state index in [0.29, 0.717) is 6.04 Å². The van der Waals surface area contributed by atoms with Crippen molar-refractivity contribution in [1.29, 1.82) is 0 Å². The van der Waals surface area contributed by atoms with Crippen LogP contribution in [0, 0.1) is 0 Å². The molecule has 0 amide bonds. The van der Waals surface area contributed by atoms with Crippen molar-refractivity contribution in [1.82, 2.24) is 5.32 Å². The maximum Gasteiger partial charge on any atom is 0.326 e. The Hall–Kier alpha value is -0.570. The van der Waals surface area contributed by atoms with E-state index >= 15 is 0 Å². The summed E-state index contributed by atoms with van der Waals surface area (Å²) in [7, 11) is 1.45. The normalized spacial score (nSPS) is 13.8. The molecular weight excluding hydrogens is 178 g/mol. The van der Waals surface area contributed by atoms with E-state index in [9.17, 15) is 4.79 Å². The molecule has 0 spiro atoms. The lowest BCUT2D eigenvalue weighted by atomic mass is 9.91. The van der Waals surface area contributed by atoms with Gasteiger partial charge < -0.3 is 4.74 Å². The standard InChI is InChI=1S/C11H23NO2/c1-6-9(4)12-11(7-2,8-3)10(13)14-5/h9,12H,6-8H2,1-5H3. The highest BCUT2D eigenvalue weighted by molar-refractivity contribution is 5.80. The quantitative estimate of drug-likeness (QED) is 0.669.